The van der Waals surface area contributed by atoms with Crippen molar-refractivity contribution in [2.24, 2.45) is 0 Å². The maximum atomic E-state index is 13.0. The summed E-state index contributed by atoms with van der Waals surface area (Å²) < 4.78 is 34.5. The van der Waals surface area contributed by atoms with E-state index in [0.29, 0.717) is 41.7 Å². The molecule has 0 saturated carbocycles. The quantitative estimate of drug-likeness (QED) is 0.563. The molecule has 1 unspecified atom stereocenters. The van der Waals surface area contributed by atoms with Gasteiger partial charge in [-0.15, -0.1) is 0 Å². The van der Waals surface area contributed by atoms with Crippen LogP contribution in [0.2, 0.25) is 0 Å². The number of ether oxygens (including phenoxy) is 3. The summed E-state index contributed by atoms with van der Waals surface area (Å²) in [5, 5.41) is 10.3. The Hall–Kier alpha value is -3.62. The van der Waals surface area contributed by atoms with Gasteiger partial charge in [-0.05, 0) is 73.5 Å². The van der Waals surface area contributed by atoms with Gasteiger partial charge in [-0.3, -0.25) is 4.79 Å². The van der Waals surface area contributed by atoms with Crippen molar-refractivity contribution in [2.45, 2.75) is 26.9 Å². The van der Waals surface area contributed by atoms with Gasteiger partial charge in [0.2, 0.25) is 5.82 Å². The Morgan fingerprint density at radius 3 is 2.47 bits per heavy atom. The summed E-state index contributed by atoms with van der Waals surface area (Å²) in [4.78, 5) is 12.5. The minimum atomic E-state index is -0.862. The third-order valence-corrected chi connectivity index (χ3v) is 4.04. The zero-order valence-corrected chi connectivity index (χ0v) is 16.8. The van der Waals surface area contributed by atoms with Crippen molar-refractivity contribution in [1.29, 1.82) is 0 Å². The number of rotatable bonds is 9. The lowest BCUT2D eigenvalue weighted by Gasteiger charge is -2.14. The number of anilines is 1. The van der Waals surface area contributed by atoms with Crippen LogP contribution in [-0.4, -0.2) is 35.5 Å². The number of nitrogens with one attached hydrogen (secondary N) is 1. The molecule has 3 aromatic rings. The Morgan fingerprint density at radius 1 is 1.07 bits per heavy atom. The summed E-state index contributed by atoms with van der Waals surface area (Å²) in [6.45, 7) is 6.28. The van der Waals surface area contributed by atoms with Gasteiger partial charge in [0, 0.05) is 5.56 Å². The van der Waals surface area contributed by atoms with Gasteiger partial charge in [0.05, 0.1) is 13.2 Å². The number of carbonyl (C=O) groups excluding carboxylic acids is 1. The molecule has 0 bridgehead atoms. The lowest BCUT2D eigenvalue weighted by Crippen LogP contribution is -2.30. The van der Waals surface area contributed by atoms with E-state index in [1.54, 1.807) is 25.1 Å². The van der Waals surface area contributed by atoms with E-state index in [-0.39, 0.29) is 11.6 Å². The molecular weight excluding hydrogens is 393 g/mol. The van der Waals surface area contributed by atoms with Crippen LogP contribution in [0.4, 0.5) is 10.2 Å². The molecule has 0 saturated heterocycles. The summed E-state index contributed by atoms with van der Waals surface area (Å²) >= 11 is 0. The lowest BCUT2D eigenvalue weighted by atomic mass is 10.1. The topological polar surface area (TPSA) is 95.7 Å². The van der Waals surface area contributed by atoms with Crippen molar-refractivity contribution in [3.05, 3.63) is 48.3 Å². The first-order valence-corrected chi connectivity index (χ1v) is 9.47. The average molecular weight is 415 g/mol. The van der Waals surface area contributed by atoms with Crippen molar-refractivity contribution in [3.63, 3.8) is 0 Å². The number of hydrogen-bond donors (Lipinski definition) is 1. The van der Waals surface area contributed by atoms with Crippen LogP contribution in [0.15, 0.2) is 47.1 Å². The molecule has 3 rings (SSSR count). The van der Waals surface area contributed by atoms with Crippen LogP contribution in [0.25, 0.3) is 11.3 Å². The third-order valence-electron chi connectivity index (χ3n) is 4.04. The van der Waals surface area contributed by atoms with Gasteiger partial charge in [-0.1, -0.05) is 0 Å². The smallest absolute Gasteiger partial charge is 0.266 e. The Morgan fingerprint density at radius 2 is 1.77 bits per heavy atom. The number of carbonyl (C=O) groups is 1. The van der Waals surface area contributed by atoms with Gasteiger partial charge in [0.15, 0.2) is 23.3 Å². The molecule has 0 aliphatic carbocycles. The van der Waals surface area contributed by atoms with E-state index in [4.69, 9.17) is 18.8 Å². The average Bonchev–Trinajstić information content (AvgIpc) is 3.19. The van der Waals surface area contributed by atoms with Crippen molar-refractivity contribution in [2.75, 3.05) is 18.5 Å². The fraction of sp³-hybridized carbons (Fsp3) is 0.286. The summed E-state index contributed by atoms with van der Waals surface area (Å²) in [5.41, 5.74) is 0.965. The zero-order valence-electron chi connectivity index (χ0n) is 16.8. The van der Waals surface area contributed by atoms with Crippen molar-refractivity contribution in [1.82, 2.24) is 10.3 Å². The molecule has 1 atom stereocenters. The van der Waals surface area contributed by atoms with E-state index >= 15 is 0 Å². The molecule has 1 aromatic heterocycles. The van der Waals surface area contributed by atoms with E-state index in [0.717, 1.165) is 0 Å². The Labute approximate surface area is 172 Å². The minimum Gasteiger partial charge on any atom is -0.490 e. The maximum Gasteiger partial charge on any atom is 0.266 e. The molecule has 1 N–H and O–H groups in total. The molecule has 0 aliphatic heterocycles. The van der Waals surface area contributed by atoms with Crippen molar-refractivity contribution >= 4 is 11.7 Å². The standard InChI is InChI=1S/C21H22FN3O5/c1-4-27-17-11-6-14(12-18(17)28-5-2)19-20(25-30-24-19)23-21(26)13(3)29-16-9-7-15(22)8-10-16/h6-13H,4-5H2,1-3H3,(H,23,25,26). The Balaban J connectivity index is 1.75. The second-order valence-electron chi connectivity index (χ2n) is 6.19. The fourth-order valence-electron chi connectivity index (χ4n) is 2.65. The number of aromatic nitrogens is 2. The summed E-state index contributed by atoms with van der Waals surface area (Å²) in [7, 11) is 0. The number of amides is 1. The number of hydrogen-bond acceptors (Lipinski definition) is 7. The maximum absolute atomic E-state index is 13.0. The third kappa shape index (κ3) is 5.05. The summed E-state index contributed by atoms with van der Waals surface area (Å²) in [6, 6.07) is 10.6. The first-order valence-electron chi connectivity index (χ1n) is 9.47. The molecular formula is C21H22FN3O5. The molecule has 1 heterocycles. The Bertz CT molecular complexity index is 991. The first-order chi connectivity index (χ1) is 14.5. The first kappa shape index (κ1) is 21.1. The molecule has 0 fully saturated rings. The molecule has 8 nitrogen and oxygen atoms in total. The number of halogens is 1. The monoisotopic (exact) mass is 415 g/mol. The van der Waals surface area contributed by atoms with Gasteiger partial charge in [-0.2, -0.15) is 0 Å². The van der Waals surface area contributed by atoms with E-state index < -0.39 is 12.0 Å². The van der Waals surface area contributed by atoms with Crippen LogP contribution in [0, 0.1) is 5.82 Å². The van der Waals surface area contributed by atoms with E-state index in [1.165, 1.54) is 24.3 Å². The SMILES string of the molecule is CCOc1ccc(-c2nonc2NC(=O)C(C)Oc2ccc(F)cc2)cc1OCC. The molecule has 158 valence electrons. The van der Waals surface area contributed by atoms with Gasteiger partial charge in [0.1, 0.15) is 11.6 Å². The summed E-state index contributed by atoms with van der Waals surface area (Å²) in [6.07, 6.45) is -0.862. The molecule has 30 heavy (non-hydrogen) atoms. The van der Waals surface area contributed by atoms with Crippen LogP contribution in [0.5, 0.6) is 17.2 Å². The minimum absolute atomic E-state index is 0.140. The molecule has 0 radical (unpaired) electrons. The van der Waals surface area contributed by atoms with E-state index in [9.17, 15) is 9.18 Å². The predicted octanol–water partition coefficient (Wildman–Crippen LogP) is 4.08. The van der Waals surface area contributed by atoms with Gasteiger partial charge >= 0.3 is 0 Å². The molecule has 0 aliphatic rings. The second-order valence-corrected chi connectivity index (χ2v) is 6.19. The summed E-state index contributed by atoms with van der Waals surface area (Å²) in [5.74, 6) is 0.801. The van der Waals surface area contributed by atoms with E-state index in [2.05, 4.69) is 15.6 Å². The van der Waals surface area contributed by atoms with E-state index in [1.807, 2.05) is 13.8 Å². The molecule has 1 amide bonds. The van der Waals surface area contributed by atoms with Gasteiger partial charge in [0.25, 0.3) is 5.91 Å². The van der Waals surface area contributed by atoms with Crippen LogP contribution in [0.3, 0.4) is 0 Å². The van der Waals surface area contributed by atoms with Crippen molar-refractivity contribution < 1.29 is 28.0 Å². The van der Waals surface area contributed by atoms with Crippen LogP contribution >= 0.6 is 0 Å². The number of nitrogens with zero attached hydrogens (tertiary/aromatic N) is 2. The molecule has 0 spiro atoms. The second kappa shape index (κ2) is 9.73. The van der Waals surface area contributed by atoms with Crippen LogP contribution in [0.1, 0.15) is 20.8 Å². The normalized spacial score (nSPS) is 11.6. The van der Waals surface area contributed by atoms with Gasteiger partial charge in [-0.25, -0.2) is 9.02 Å². The van der Waals surface area contributed by atoms with Gasteiger partial charge < -0.3 is 19.5 Å². The van der Waals surface area contributed by atoms with Crippen molar-refractivity contribution in [3.8, 4) is 28.5 Å². The highest BCUT2D eigenvalue weighted by molar-refractivity contribution is 5.96. The highest BCUT2D eigenvalue weighted by atomic mass is 19.1. The molecule has 2 aromatic carbocycles. The fourth-order valence-corrected chi connectivity index (χ4v) is 2.65. The Kier molecular flexibility index (Phi) is 6.84. The largest absolute Gasteiger partial charge is 0.490 e. The zero-order chi connectivity index (χ0) is 21.5. The number of benzene rings is 2. The highest BCUT2D eigenvalue weighted by Crippen LogP contribution is 2.34. The molecule has 9 heteroatoms. The predicted molar refractivity (Wildman–Crippen MR) is 107 cm³/mol. The van der Waals surface area contributed by atoms with Crippen LogP contribution in [-0.2, 0) is 4.79 Å². The lowest BCUT2D eigenvalue weighted by molar-refractivity contribution is -0.122. The van der Waals surface area contributed by atoms with Crippen LogP contribution < -0.4 is 19.5 Å². The highest BCUT2D eigenvalue weighted by Gasteiger charge is 2.21.